The van der Waals surface area contributed by atoms with Crippen LogP contribution in [0.1, 0.15) is 34.7 Å². The molecule has 0 aliphatic carbocycles. The van der Waals surface area contributed by atoms with Crippen molar-refractivity contribution in [3.63, 3.8) is 0 Å². The van der Waals surface area contributed by atoms with Gasteiger partial charge in [-0.15, -0.1) is 0 Å². The molecule has 2 aromatic rings. The molecule has 5 nitrogen and oxygen atoms in total. The van der Waals surface area contributed by atoms with Crippen molar-refractivity contribution in [2.24, 2.45) is 0 Å². The molecule has 2 rings (SSSR count). The van der Waals surface area contributed by atoms with Crippen molar-refractivity contribution in [3.05, 3.63) is 58.1 Å². The molecular weight excluding hydrogens is 360 g/mol. The van der Waals surface area contributed by atoms with E-state index in [-0.39, 0.29) is 23.9 Å². The lowest BCUT2D eigenvalue weighted by Gasteiger charge is -2.25. The van der Waals surface area contributed by atoms with E-state index in [2.05, 4.69) is 4.72 Å². The monoisotopic (exact) mass is 388 g/mol. The summed E-state index contributed by atoms with van der Waals surface area (Å²) in [7, 11) is -3.63. The first-order valence-electron chi connectivity index (χ1n) is 8.96. The molecule has 0 unspecified atom stereocenters. The number of hydrogen-bond donors (Lipinski definition) is 1. The van der Waals surface area contributed by atoms with Crippen LogP contribution in [0.5, 0.6) is 0 Å². The minimum atomic E-state index is -3.63. The van der Waals surface area contributed by atoms with Gasteiger partial charge in [-0.05, 0) is 57.4 Å². The van der Waals surface area contributed by atoms with Gasteiger partial charge in [0.2, 0.25) is 15.9 Å². The molecule has 146 valence electrons. The van der Waals surface area contributed by atoms with Gasteiger partial charge in [0.05, 0.1) is 4.90 Å². The van der Waals surface area contributed by atoms with Crippen LogP contribution >= 0.6 is 0 Å². The Labute approximate surface area is 162 Å². The summed E-state index contributed by atoms with van der Waals surface area (Å²) in [5.41, 5.74) is 5.70. The molecule has 0 aromatic heterocycles. The van der Waals surface area contributed by atoms with Crippen LogP contribution in [0.3, 0.4) is 0 Å². The maximum absolute atomic E-state index is 12.6. The summed E-state index contributed by atoms with van der Waals surface area (Å²) in [5.74, 6) is -0.115. The highest BCUT2D eigenvalue weighted by Gasteiger charge is 2.20. The van der Waals surface area contributed by atoms with E-state index in [1.54, 1.807) is 24.0 Å². The molecule has 0 aliphatic heterocycles. The van der Waals surface area contributed by atoms with Crippen LogP contribution in [-0.2, 0) is 14.8 Å². The Balaban J connectivity index is 2.19. The van der Waals surface area contributed by atoms with Gasteiger partial charge in [0.15, 0.2) is 0 Å². The van der Waals surface area contributed by atoms with Crippen LogP contribution in [0.15, 0.2) is 35.2 Å². The van der Waals surface area contributed by atoms with Gasteiger partial charge in [0, 0.05) is 25.7 Å². The summed E-state index contributed by atoms with van der Waals surface area (Å²) in [6.07, 6.45) is 0. The van der Waals surface area contributed by atoms with Crippen molar-refractivity contribution < 1.29 is 13.2 Å². The number of carbonyl (C=O) groups is 1. The fraction of sp³-hybridized carbons (Fsp3) is 0.381. The molecule has 0 saturated carbocycles. The third-order valence-electron chi connectivity index (χ3n) is 4.53. The number of nitrogens with one attached hydrogen (secondary N) is 1. The van der Waals surface area contributed by atoms with E-state index in [0.29, 0.717) is 5.56 Å². The number of benzene rings is 2. The summed E-state index contributed by atoms with van der Waals surface area (Å²) >= 11 is 0. The zero-order valence-corrected chi connectivity index (χ0v) is 17.7. The second kappa shape index (κ2) is 8.23. The zero-order chi connectivity index (χ0) is 20.4. The van der Waals surface area contributed by atoms with Crippen LogP contribution in [0.2, 0.25) is 0 Å². The van der Waals surface area contributed by atoms with E-state index in [4.69, 9.17) is 0 Å². The van der Waals surface area contributed by atoms with Crippen LogP contribution < -0.4 is 9.62 Å². The number of hydrogen-bond acceptors (Lipinski definition) is 3. The van der Waals surface area contributed by atoms with Crippen molar-refractivity contribution in [2.75, 3.05) is 18.0 Å². The third-order valence-corrected chi connectivity index (χ3v) is 6.15. The van der Waals surface area contributed by atoms with E-state index in [0.717, 1.165) is 27.9 Å². The highest BCUT2D eigenvalue weighted by Crippen LogP contribution is 2.26. The highest BCUT2D eigenvalue weighted by molar-refractivity contribution is 7.89. The second-order valence-electron chi connectivity index (χ2n) is 7.08. The fourth-order valence-electron chi connectivity index (χ4n) is 3.50. The molecule has 1 N–H and O–H groups in total. The molecule has 0 atom stereocenters. The van der Waals surface area contributed by atoms with E-state index < -0.39 is 10.0 Å². The van der Waals surface area contributed by atoms with Crippen LogP contribution in [0.4, 0.5) is 5.69 Å². The number of sulfonamides is 1. The van der Waals surface area contributed by atoms with Crippen LogP contribution in [0.25, 0.3) is 0 Å². The third kappa shape index (κ3) is 4.96. The highest BCUT2D eigenvalue weighted by atomic mass is 32.2. The molecule has 0 bridgehead atoms. The summed E-state index contributed by atoms with van der Waals surface area (Å²) in [6.45, 7) is 11.6. The van der Waals surface area contributed by atoms with Gasteiger partial charge in [-0.1, -0.05) is 35.4 Å². The van der Waals surface area contributed by atoms with Crippen molar-refractivity contribution in [2.45, 2.75) is 46.4 Å². The maximum Gasteiger partial charge on any atom is 0.240 e. The van der Waals surface area contributed by atoms with E-state index in [1.165, 1.54) is 6.92 Å². The predicted molar refractivity (Wildman–Crippen MR) is 110 cm³/mol. The molecule has 0 radical (unpaired) electrons. The van der Waals surface area contributed by atoms with Gasteiger partial charge in [-0.2, -0.15) is 0 Å². The number of amides is 1. The van der Waals surface area contributed by atoms with E-state index >= 15 is 0 Å². The number of carbonyl (C=O) groups excluding carboxylic acids is 1. The molecule has 6 heteroatoms. The Bertz CT molecular complexity index is 942. The number of rotatable bonds is 6. The van der Waals surface area contributed by atoms with Crippen molar-refractivity contribution in [1.29, 1.82) is 0 Å². The van der Waals surface area contributed by atoms with Gasteiger partial charge in [-0.25, -0.2) is 13.1 Å². The average molecular weight is 389 g/mol. The van der Waals surface area contributed by atoms with Gasteiger partial charge in [-0.3, -0.25) is 4.79 Å². The predicted octanol–water partition coefficient (Wildman–Crippen LogP) is 3.56. The maximum atomic E-state index is 12.6. The quantitative estimate of drug-likeness (QED) is 0.823. The first-order chi connectivity index (χ1) is 12.5. The van der Waals surface area contributed by atoms with Crippen molar-refractivity contribution in [3.8, 4) is 0 Å². The molecule has 27 heavy (non-hydrogen) atoms. The lowest BCUT2D eigenvalue weighted by molar-refractivity contribution is -0.116. The summed E-state index contributed by atoms with van der Waals surface area (Å²) < 4.78 is 27.9. The molecule has 0 saturated heterocycles. The Morgan fingerprint density at radius 2 is 1.48 bits per heavy atom. The summed E-state index contributed by atoms with van der Waals surface area (Å²) in [6, 6.07) is 9.29. The van der Waals surface area contributed by atoms with Crippen molar-refractivity contribution in [1.82, 2.24) is 4.72 Å². The van der Waals surface area contributed by atoms with Gasteiger partial charge >= 0.3 is 0 Å². The Hall–Kier alpha value is -2.18. The van der Waals surface area contributed by atoms with Crippen LogP contribution in [0, 0.1) is 34.6 Å². The number of nitrogens with zero attached hydrogens (tertiary/aromatic N) is 1. The summed E-state index contributed by atoms with van der Waals surface area (Å²) in [5, 5.41) is 0. The zero-order valence-electron chi connectivity index (χ0n) is 16.9. The smallest absolute Gasteiger partial charge is 0.240 e. The van der Waals surface area contributed by atoms with Crippen molar-refractivity contribution >= 4 is 21.6 Å². The SMILES string of the molecule is CC(=O)N(CCNS(=O)(=O)c1ccc(C)cc1C)c1c(C)cc(C)cc1C. The summed E-state index contributed by atoms with van der Waals surface area (Å²) in [4.78, 5) is 14.1. The normalized spacial score (nSPS) is 11.5. The molecule has 1 amide bonds. The minimum Gasteiger partial charge on any atom is -0.311 e. The minimum absolute atomic E-state index is 0.115. The Morgan fingerprint density at radius 3 is 2.00 bits per heavy atom. The topological polar surface area (TPSA) is 66.5 Å². The molecular formula is C21H28N2O3S. The second-order valence-corrected chi connectivity index (χ2v) is 8.82. The van der Waals surface area contributed by atoms with Gasteiger partial charge < -0.3 is 4.90 Å². The Morgan fingerprint density at radius 1 is 0.926 bits per heavy atom. The first-order valence-corrected chi connectivity index (χ1v) is 10.4. The molecule has 2 aromatic carbocycles. The Kier molecular flexibility index (Phi) is 6.44. The fourth-order valence-corrected chi connectivity index (χ4v) is 4.74. The lowest BCUT2D eigenvalue weighted by atomic mass is 10.0. The number of aryl methyl sites for hydroxylation is 5. The van der Waals surface area contributed by atoms with Gasteiger partial charge in [0.1, 0.15) is 0 Å². The number of anilines is 1. The first kappa shape index (κ1) is 21.1. The molecule has 0 heterocycles. The van der Waals surface area contributed by atoms with E-state index in [1.807, 2.05) is 45.9 Å². The molecule has 0 aliphatic rings. The largest absolute Gasteiger partial charge is 0.311 e. The lowest BCUT2D eigenvalue weighted by Crippen LogP contribution is -2.38. The van der Waals surface area contributed by atoms with E-state index in [9.17, 15) is 13.2 Å². The molecule has 0 spiro atoms. The molecule has 0 fully saturated rings. The van der Waals surface area contributed by atoms with Gasteiger partial charge in [0.25, 0.3) is 0 Å². The average Bonchev–Trinajstić information content (AvgIpc) is 2.51. The van der Waals surface area contributed by atoms with Crippen LogP contribution in [-0.4, -0.2) is 27.4 Å². The standard InChI is InChI=1S/C21H28N2O3S/c1-14-7-8-20(16(3)11-14)27(25,26)22-9-10-23(19(6)24)21-17(4)12-15(2)13-18(21)5/h7-8,11-13,22H,9-10H2,1-6H3.